The van der Waals surface area contributed by atoms with E-state index in [0.717, 1.165) is 35.5 Å². The molecule has 0 fully saturated rings. The van der Waals surface area contributed by atoms with Crippen LogP contribution in [-0.2, 0) is 4.74 Å². The third-order valence-electron chi connectivity index (χ3n) is 5.91. The van der Waals surface area contributed by atoms with E-state index in [-0.39, 0.29) is 12.0 Å². The largest absolute Gasteiger partial charge is 0.442 e. The molecule has 4 heteroatoms. The van der Waals surface area contributed by atoms with Gasteiger partial charge in [0.25, 0.3) is 0 Å². The molecular formula is C26H27N3O. The van der Waals surface area contributed by atoms with Gasteiger partial charge in [-0.1, -0.05) is 50.6 Å². The highest BCUT2D eigenvalue weighted by atomic mass is 16.5. The first kappa shape index (κ1) is 19.9. The van der Waals surface area contributed by atoms with E-state index >= 15 is 0 Å². The topological polar surface area (TPSA) is 46.0 Å². The first-order valence-electron chi connectivity index (χ1n) is 10.2. The SMILES string of the molecule is C=CC1=NC2CC(=C)/N=C(/C=C)C3=C(CCC2c2ccccc21)CNC(=C)OC3=C. The van der Waals surface area contributed by atoms with E-state index in [9.17, 15) is 0 Å². The predicted molar refractivity (Wildman–Crippen MR) is 125 cm³/mol. The third kappa shape index (κ3) is 3.61. The second-order valence-electron chi connectivity index (χ2n) is 7.77. The van der Waals surface area contributed by atoms with E-state index in [2.05, 4.69) is 62.5 Å². The van der Waals surface area contributed by atoms with Gasteiger partial charge in [-0.25, -0.2) is 0 Å². The van der Waals surface area contributed by atoms with Gasteiger partial charge in [0.05, 0.1) is 17.5 Å². The molecule has 0 saturated carbocycles. The molecular weight excluding hydrogens is 370 g/mol. The summed E-state index contributed by atoms with van der Waals surface area (Å²) in [5.74, 6) is 1.31. The second-order valence-corrected chi connectivity index (χ2v) is 7.77. The molecule has 2 atom stereocenters. The summed E-state index contributed by atoms with van der Waals surface area (Å²) in [5.41, 5.74) is 7.01. The molecule has 1 aromatic rings. The van der Waals surface area contributed by atoms with Crippen LogP contribution in [-0.4, -0.2) is 24.0 Å². The summed E-state index contributed by atoms with van der Waals surface area (Å²) in [6.07, 6.45) is 6.09. The maximum absolute atomic E-state index is 5.76. The van der Waals surface area contributed by atoms with Gasteiger partial charge in [-0.3, -0.25) is 9.98 Å². The maximum atomic E-state index is 5.76. The molecule has 0 aromatic heterocycles. The van der Waals surface area contributed by atoms with Crippen molar-refractivity contribution in [1.29, 1.82) is 0 Å². The van der Waals surface area contributed by atoms with Crippen molar-refractivity contribution in [3.8, 4) is 0 Å². The number of fused-ring (bicyclic) bond motifs is 3. The van der Waals surface area contributed by atoms with Crippen LogP contribution in [0.4, 0.5) is 0 Å². The molecule has 0 bridgehead atoms. The van der Waals surface area contributed by atoms with E-state index in [1.807, 2.05) is 6.08 Å². The third-order valence-corrected chi connectivity index (χ3v) is 5.91. The Kier molecular flexibility index (Phi) is 5.40. The van der Waals surface area contributed by atoms with Crippen LogP contribution >= 0.6 is 0 Å². The summed E-state index contributed by atoms with van der Waals surface area (Å²) < 4.78 is 5.76. The molecule has 0 radical (unpaired) electrons. The molecule has 1 N–H and O–H groups in total. The molecule has 3 heterocycles. The minimum atomic E-state index is 0.0746. The van der Waals surface area contributed by atoms with Gasteiger partial charge in [0, 0.05) is 35.7 Å². The number of rotatable bonds is 2. The van der Waals surface area contributed by atoms with Gasteiger partial charge in [0.15, 0.2) is 5.88 Å². The fourth-order valence-corrected chi connectivity index (χ4v) is 4.55. The summed E-state index contributed by atoms with van der Waals surface area (Å²) in [6, 6.07) is 8.57. The number of ether oxygens (including phenoxy) is 1. The van der Waals surface area contributed by atoms with Gasteiger partial charge >= 0.3 is 0 Å². The Balaban J connectivity index is 1.82. The molecule has 0 amide bonds. The van der Waals surface area contributed by atoms with Crippen molar-refractivity contribution in [2.24, 2.45) is 9.98 Å². The average Bonchev–Trinajstić information content (AvgIpc) is 2.88. The zero-order valence-electron chi connectivity index (χ0n) is 17.3. The highest BCUT2D eigenvalue weighted by molar-refractivity contribution is 6.12. The lowest BCUT2D eigenvalue weighted by atomic mass is 9.78. The highest BCUT2D eigenvalue weighted by Gasteiger charge is 2.32. The van der Waals surface area contributed by atoms with E-state index < -0.39 is 0 Å². The second kappa shape index (κ2) is 8.15. The van der Waals surface area contributed by atoms with Gasteiger partial charge in [-0.05, 0) is 42.7 Å². The monoisotopic (exact) mass is 397 g/mol. The number of aliphatic imine (C=N–C) groups is 2. The van der Waals surface area contributed by atoms with Crippen molar-refractivity contribution in [2.75, 3.05) is 6.54 Å². The Labute approximate surface area is 178 Å². The first-order chi connectivity index (χ1) is 14.5. The summed E-state index contributed by atoms with van der Waals surface area (Å²) in [5, 5.41) is 3.23. The van der Waals surface area contributed by atoms with Crippen molar-refractivity contribution in [3.05, 3.63) is 109 Å². The van der Waals surface area contributed by atoms with Crippen molar-refractivity contribution in [2.45, 2.75) is 31.2 Å². The number of nitrogens with one attached hydrogen (secondary N) is 1. The van der Waals surface area contributed by atoms with Crippen LogP contribution in [0.15, 0.2) is 108 Å². The molecule has 1 aromatic carbocycles. The highest BCUT2D eigenvalue weighted by Crippen LogP contribution is 2.39. The molecule has 3 aliphatic heterocycles. The normalized spacial score (nSPS) is 25.8. The minimum absolute atomic E-state index is 0.0746. The molecule has 30 heavy (non-hydrogen) atoms. The van der Waals surface area contributed by atoms with Crippen molar-refractivity contribution in [3.63, 3.8) is 0 Å². The lowest BCUT2D eigenvalue weighted by molar-refractivity contribution is 0.298. The van der Waals surface area contributed by atoms with Crippen LogP contribution in [0.2, 0.25) is 0 Å². The standard InChI is InChI=1S/C26H27N3O/c1-6-23-21-11-9-8-10-20(21)22-13-12-19-15-27-18(5)30-17(4)26(19)24(7-2)28-16(3)14-25(22)29-23/h6-11,22,25,27H,1-5,12-15H2/b28-24-. The Hall–Kier alpha value is -3.40. The molecule has 0 saturated heterocycles. The van der Waals surface area contributed by atoms with Gasteiger partial charge in [-0.2, -0.15) is 0 Å². The molecule has 0 aliphatic carbocycles. The molecule has 4 nitrogen and oxygen atoms in total. The van der Waals surface area contributed by atoms with Crippen molar-refractivity contribution in [1.82, 2.24) is 5.32 Å². The number of hydrogen-bond donors (Lipinski definition) is 1. The Morgan fingerprint density at radius 3 is 2.60 bits per heavy atom. The van der Waals surface area contributed by atoms with Crippen LogP contribution in [0, 0.1) is 0 Å². The van der Waals surface area contributed by atoms with Crippen LogP contribution in [0.1, 0.15) is 36.3 Å². The van der Waals surface area contributed by atoms with Crippen LogP contribution in [0.5, 0.6) is 0 Å². The fourth-order valence-electron chi connectivity index (χ4n) is 4.55. The fraction of sp³-hybridized carbons (Fsp3) is 0.231. The molecule has 152 valence electrons. The van der Waals surface area contributed by atoms with Crippen molar-refractivity contribution < 1.29 is 4.74 Å². The van der Waals surface area contributed by atoms with Gasteiger partial charge < -0.3 is 10.1 Å². The summed E-state index contributed by atoms with van der Waals surface area (Å²) in [4.78, 5) is 9.85. The van der Waals surface area contributed by atoms with E-state index in [4.69, 9.17) is 14.7 Å². The maximum Gasteiger partial charge on any atom is 0.186 e. The number of benzene rings is 1. The van der Waals surface area contributed by atoms with Crippen LogP contribution < -0.4 is 5.32 Å². The lowest BCUT2D eigenvalue weighted by Crippen LogP contribution is -2.27. The zero-order valence-corrected chi connectivity index (χ0v) is 17.3. The number of nitrogens with zero attached hydrogens (tertiary/aromatic N) is 2. The summed E-state index contributed by atoms with van der Waals surface area (Å²) >= 11 is 0. The molecule has 3 aliphatic rings. The van der Waals surface area contributed by atoms with Gasteiger partial charge in [-0.15, -0.1) is 0 Å². The summed E-state index contributed by atoms with van der Waals surface area (Å²) in [6.45, 7) is 20.8. The van der Waals surface area contributed by atoms with E-state index in [0.29, 0.717) is 24.6 Å². The quantitative estimate of drug-likeness (QED) is 0.731. The minimum Gasteiger partial charge on any atom is -0.442 e. The Morgan fingerprint density at radius 1 is 1.07 bits per heavy atom. The smallest absolute Gasteiger partial charge is 0.186 e. The van der Waals surface area contributed by atoms with Gasteiger partial charge in [0.2, 0.25) is 0 Å². The van der Waals surface area contributed by atoms with Gasteiger partial charge in [0.1, 0.15) is 5.76 Å². The molecule has 0 spiro atoms. The molecule has 4 rings (SSSR count). The Morgan fingerprint density at radius 2 is 1.83 bits per heavy atom. The van der Waals surface area contributed by atoms with E-state index in [1.54, 1.807) is 6.08 Å². The zero-order chi connectivity index (χ0) is 21.3. The summed E-state index contributed by atoms with van der Waals surface area (Å²) in [7, 11) is 0. The van der Waals surface area contributed by atoms with E-state index in [1.165, 1.54) is 16.7 Å². The Bertz CT molecular complexity index is 1050. The average molecular weight is 398 g/mol. The first-order valence-corrected chi connectivity index (χ1v) is 10.2. The van der Waals surface area contributed by atoms with Crippen molar-refractivity contribution >= 4 is 11.4 Å². The lowest BCUT2D eigenvalue weighted by Gasteiger charge is -2.32. The predicted octanol–water partition coefficient (Wildman–Crippen LogP) is 5.35. The number of allylic oxidation sites excluding steroid dienone is 3. The van der Waals surface area contributed by atoms with Crippen LogP contribution in [0.3, 0.4) is 0 Å². The molecule has 2 unspecified atom stereocenters. The van der Waals surface area contributed by atoms with Crippen LogP contribution in [0.25, 0.3) is 0 Å². The number of hydrogen-bond acceptors (Lipinski definition) is 4.